The SMILES string of the molecule is COc1cc(Cl)c(F)c(-c2cn[nH]c2N)c1. The molecule has 0 amide bonds. The lowest BCUT2D eigenvalue weighted by molar-refractivity contribution is 0.414. The summed E-state index contributed by atoms with van der Waals surface area (Å²) in [6.07, 6.45) is 1.43. The number of anilines is 1. The van der Waals surface area contributed by atoms with Crippen molar-refractivity contribution >= 4 is 17.4 Å². The van der Waals surface area contributed by atoms with Crippen LogP contribution in [0.4, 0.5) is 10.2 Å². The summed E-state index contributed by atoms with van der Waals surface area (Å²) in [5.74, 6) is 0.195. The highest BCUT2D eigenvalue weighted by Crippen LogP contribution is 2.34. The molecule has 0 saturated heterocycles. The minimum absolute atomic E-state index is 0.0186. The quantitative estimate of drug-likeness (QED) is 0.849. The number of aromatic nitrogens is 2. The van der Waals surface area contributed by atoms with Crippen LogP contribution in [0.15, 0.2) is 18.3 Å². The molecule has 0 spiro atoms. The summed E-state index contributed by atoms with van der Waals surface area (Å²) in [6.45, 7) is 0. The van der Waals surface area contributed by atoms with Gasteiger partial charge >= 0.3 is 0 Å². The van der Waals surface area contributed by atoms with Crippen molar-refractivity contribution in [2.24, 2.45) is 0 Å². The minimum Gasteiger partial charge on any atom is -0.497 e. The predicted octanol–water partition coefficient (Wildman–Crippen LogP) is 2.46. The maximum atomic E-state index is 13.8. The number of aromatic amines is 1. The number of ether oxygens (including phenoxy) is 1. The Bertz CT molecular complexity index is 527. The van der Waals surface area contributed by atoms with E-state index in [1.807, 2.05) is 0 Å². The van der Waals surface area contributed by atoms with E-state index in [1.165, 1.54) is 25.4 Å². The van der Waals surface area contributed by atoms with Gasteiger partial charge in [0.25, 0.3) is 0 Å². The molecule has 84 valence electrons. The van der Waals surface area contributed by atoms with E-state index >= 15 is 0 Å². The number of nitrogens with two attached hydrogens (primary N) is 1. The number of nitrogen functional groups attached to an aromatic ring is 1. The number of hydrogen-bond donors (Lipinski definition) is 2. The molecule has 0 unspecified atom stereocenters. The second kappa shape index (κ2) is 4.02. The highest BCUT2D eigenvalue weighted by molar-refractivity contribution is 6.31. The van der Waals surface area contributed by atoms with Gasteiger partial charge in [0.15, 0.2) is 0 Å². The third kappa shape index (κ3) is 1.69. The first-order valence-corrected chi connectivity index (χ1v) is 4.83. The lowest BCUT2D eigenvalue weighted by atomic mass is 10.1. The van der Waals surface area contributed by atoms with Crippen molar-refractivity contribution in [1.29, 1.82) is 0 Å². The van der Waals surface area contributed by atoms with Gasteiger partial charge in [-0.15, -0.1) is 0 Å². The Morgan fingerprint density at radius 2 is 2.19 bits per heavy atom. The molecule has 0 atom stereocenters. The van der Waals surface area contributed by atoms with E-state index in [-0.39, 0.29) is 16.4 Å². The van der Waals surface area contributed by atoms with Gasteiger partial charge in [-0.2, -0.15) is 5.10 Å². The number of benzene rings is 1. The molecule has 3 N–H and O–H groups in total. The summed E-state index contributed by atoms with van der Waals surface area (Å²) >= 11 is 5.74. The van der Waals surface area contributed by atoms with Gasteiger partial charge in [-0.25, -0.2) is 4.39 Å². The van der Waals surface area contributed by atoms with Crippen molar-refractivity contribution in [3.05, 3.63) is 29.2 Å². The van der Waals surface area contributed by atoms with E-state index in [1.54, 1.807) is 0 Å². The fraction of sp³-hybridized carbons (Fsp3) is 0.100. The molecule has 16 heavy (non-hydrogen) atoms. The first-order valence-electron chi connectivity index (χ1n) is 4.45. The van der Waals surface area contributed by atoms with E-state index in [2.05, 4.69) is 10.2 Å². The zero-order valence-corrected chi connectivity index (χ0v) is 9.18. The lowest BCUT2D eigenvalue weighted by Crippen LogP contribution is -1.92. The fourth-order valence-electron chi connectivity index (χ4n) is 1.39. The Hall–Kier alpha value is -1.75. The second-order valence-corrected chi connectivity index (χ2v) is 3.58. The minimum atomic E-state index is -0.546. The van der Waals surface area contributed by atoms with Crippen LogP contribution in [-0.2, 0) is 0 Å². The van der Waals surface area contributed by atoms with Gasteiger partial charge in [-0.05, 0) is 6.07 Å². The Labute approximate surface area is 96.2 Å². The molecule has 1 aromatic heterocycles. The zero-order valence-electron chi connectivity index (χ0n) is 8.42. The van der Waals surface area contributed by atoms with Crippen LogP contribution in [0.3, 0.4) is 0 Å². The molecular weight excluding hydrogens is 233 g/mol. The van der Waals surface area contributed by atoms with E-state index in [4.69, 9.17) is 22.1 Å². The maximum absolute atomic E-state index is 13.8. The average Bonchev–Trinajstić information content (AvgIpc) is 2.68. The number of halogens is 2. The number of rotatable bonds is 2. The number of hydrogen-bond acceptors (Lipinski definition) is 3. The van der Waals surface area contributed by atoms with Gasteiger partial charge in [-0.3, -0.25) is 5.10 Å². The number of H-pyrrole nitrogens is 1. The number of nitrogens with zero attached hydrogens (tertiary/aromatic N) is 1. The molecule has 0 fully saturated rings. The molecule has 0 aliphatic rings. The Morgan fingerprint density at radius 1 is 1.44 bits per heavy atom. The molecule has 2 rings (SSSR count). The average molecular weight is 242 g/mol. The van der Waals surface area contributed by atoms with Crippen LogP contribution in [-0.4, -0.2) is 17.3 Å². The van der Waals surface area contributed by atoms with Crippen molar-refractivity contribution in [3.8, 4) is 16.9 Å². The summed E-state index contributed by atoms with van der Waals surface area (Å²) < 4.78 is 18.8. The van der Waals surface area contributed by atoms with Crippen molar-refractivity contribution in [3.63, 3.8) is 0 Å². The van der Waals surface area contributed by atoms with Crippen molar-refractivity contribution in [2.75, 3.05) is 12.8 Å². The van der Waals surface area contributed by atoms with Crippen molar-refractivity contribution in [1.82, 2.24) is 10.2 Å². The molecule has 0 bridgehead atoms. The summed E-state index contributed by atoms with van der Waals surface area (Å²) in [7, 11) is 1.48. The molecule has 0 aliphatic carbocycles. The van der Waals surface area contributed by atoms with E-state index in [0.717, 1.165) is 0 Å². The lowest BCUT2D eigenvalue weighted by Gasteiger charge is -2.07. The maximum Gasteiger partial charge on any atom is 0.150 e. The standard InChI is InChI=1S/C10H9ClFN3O/c1-16-5-2-6(9(12)8(11)3-5)7-4-14-15-10(7)13/h2-4H,1H3,(H3,13,14,15). The van der Waals surface area contributed by atoms with Gasteiger partial charge in [0, 0.05) is 17.2 Å². The number of nitrogens with one attached hydrogen (secondary N) is 1. The third-order valence-corrected chi connectivity index (χ3v) is 2.47. The van der Waals surface area contributed by atoms with Crippen LogP contribution in [0.2, 0.25) is 5.02 Å². The van der Waals surface area contributed by atoms with E-state index in [0.29, 0.717) is 11.3 Å². The highest BCUT2D eigenvalue weighted by atomic mass is 35.5. The van der Waals surface area contributed by atoms with Gasteiger partial charge in [0.1, 0.15) is 17.4 Å². The molecule has 2 aromatic rings. The molecule has 1 aromatic carbocycles. The smallest absolute Gasteiger partial charge is 0.150 e. The van der Waals surface area contributed by atoms with Crippen LogP contribution >= 0.6 is 11.6 Å². The summed E-state index contributed by atoms with van der Waals surface area (Å²) in [6, 6.07) is 2.92. The van der Waals surface area contributed by atoms with E-state index in [9.17, 15) is 4.39 Å². The normalized spacial score (nSPS) is 10.4. The van der Waals surface area contributed by atoms with Gasteiger partial charge < -0.3 is 10.5 Å². The molecule has 4 nitrogen and oxygen atoms in total. The van der Waals surface area contributed by atoms with Gasteiger partial charge in [0.05, 0.1) is 18.3 Å². The van der Waals surface area contributed by atoms with Crippen molar-refractivity contribution in [2.45, 2.75) is 0 Å². The fourth-order valence-corrected chi connectivity index (χ4v) is 1.60. The van der Waals surface area contributed by atoms with E-state index < -0.39 is 5.82 Å². The molecule has 0 aliphatic heterocycles. The van der Waals surface area contributed by atoms with Gasteiger partial charge in [0.2, 0.25) is 0 Å². The highest BCUT2D eigenvalue weighted by Gasteiger charge is 2.14. The first-order chi connectivity index (χ1) is 7.63. The Balaban J connectivity index is 2.64. The molecular formula is C10H9ClFN3O. The summed E-state index contributed by atoms with van der Waals surface area (Å²) in [5.41, 5.74) is 6.33. The van der Waals surface area contributed by atoms with Crippen LogP contribution < -0.4 is 10.5 Å². The van der Waals surface area contributed by atoms with Crippen LogP contribution in [0.1, 0.15) is 0 Å². The number of methoxy groups -OCH3 is 1. The third-order valence-electron chi connectivity index (χ3n) is 2.20. The Kier molecular flexibility index (Phi) is 2.70. The second-order valence-electron chi connectivity index (χ2n) is 3.17. The van der Waals surface area contributed by atoms with Crippen LogP contribution in [0.5, 0.6) is 5.75 Å². The van der Waals surface area contributed by atoms with Crippen LogP contribution in [0, 0.1) is 5.82 Å². The topological polar surface area (TPSA) is 63.9 Å². The predicted molar refractivity (Wildman–Crippen MR) is 60.0 cm³/mol. The van der Waals surface area contributed by atoms with Gasteiger partial charge in [-0.1, -0.05) is 11.6 Å². The molecule has 6 heteroatoms. The summed E-state index contributed by atoms with van der Waals surface area (Å²) in [4.78, 5) is 0. The zero-order chi connectivity index (χ0) is 11.7. The van der Waals surface area contributed by atoms with Crippen LogP contribution in [0.25, 0.3) is 11.1 Å². The monoisotopic (exact) mass is 241 g/mol. The molecule has 1 heterocycles. The molecule has 0 saturated carbocycles. The summed E-state index contributed by atoms with van der Waals surface area (Å²) in [5, 5.41) is 6.23. The largest absolute Gasteiger partial charge is 0.497 e. The molecule has 0 radical (unpaired) electrons. The first kappa shape index (κ1) is 10.8. The Morgan fingerprint density at radius 3 is 2.75 bits per heavy atom. The van der Waals surface area contributed by atoms with Crippen molar-refractivity contribution < 1.29 is 9.13 Å².